The quantitative estimate of drug-likeness (QED) is 0.403. The largest absolute Gasteiger partial charge is 0.493 e. The van der Waals surface area contributed by atoms with Crippen LogP contribution in [0.4, 0.5) is 5.69 Å². The molecule has 3 rings (SSSR count). The maximum absolute atomic E-state index is 12.5. The van der Waals surface area contributed by atoms with Crippen LogP contribution in [-0.2, 0) is 10.0 Å². The molecule has 2 aromatic carbocycles. The third-order valence-electron chi connectivity index (χ3n) is 4.19. The highest BCUT2D eigenvalue weighted by atomic mass is 32.2. The van der Waals surface area contributed by atoms with Crippen LogP contribution in [0.2, 0.25) is 0 Å². The molecule has 0 atom stereocenters. The molecule has 156 valence electrons. The molecule has 30 heavy (non-hydrogen) atoms. The fourth-order valence-electron chi connectivity index (χ4n) is 2.88. The van der Waals surface area contributed by atoms with E-state index in [2.05, 4.69) is 4.72 Å². The first kappa shape index (κ1) is 21.6. The zero-order valence-electron chi connectivity index (χ0n) is 16.7. The number of allylic oxidation sites excluding steroid dienone is 1. The summed E-state index contributed by atoms with van der Waals surface area (Å²) >= 11 is 1.58. The van der Waals surface area contributed by atoms with Gasteiger partial charge in [0.1, 0.15) is 0 Å². The highest BCUT2D eigenvalue weighted by molar-refractivity contribution is 7.92. The number of rotatable bonds is 8. The molecule has 0 aliphatic rings. The van der Waals surface area contributed by atoms with Gasteiger partial charge in [0.05, 0.1) is 20.5 Å². The lowest BCUT2D eigenvalue weighted by Crippen LogP contribution is -2.09. The number of ketones is 1. The lowest BCUT2D eigenvalue weighted by molar-refractivity contribution is 0.104. The number of anilines is 1. The highest BCUT2D eigenvalue weighted by Gasteiger charge is 2.14. The zero-order valence-corrected chi connectivity index (χ0v) is 18.3. The van der Waals surface area contributed by atoms with Crippen molar-refractivity contribution >= 4 is 38.9 Å². The summed E-state index contributed by atoms with van der Waals surface area (Å²) in [6, 6.07) is 13.9. The zero-order chi connectivity index (χ0) is 21.7. The topological polar surface area (TPSA) is 81.7 Å². The molecule has 0 amide bonds. The van der Waals surface area contributed by atoms with Crippen molar-refractivity contribution in [3.05, 3.63) is 71.1 Å². The highest BCUT2D eigenvalue weighted by Crippen LogP contribution is 2.41. The molecule has 1 heterocycles. The van der Waals surface area contributed by atoms with E-state index in [0.29, 0.717) is 22.7 Å². The average Bonchev–Trinajstić information content (AvgIpc) is 3.25. The Morgan fingerprint density at radius 3 is 2.37 bits per heavy atom. The number of ether oxygens (including phenoxy) is 2. The van der Waals surface area contributed by atoms with E-state index in [1.807, 2.05) is 23.6 Å². The third-order valence-corrected chi connectivity index (χ3v) is 5.70. The second-order valence-corrected chi connectivity index (χ2v) is 9.13. The molecular weight excluding hydrogens is 422 g/mol. The lowest BCUT2D eigenvalue weighted by Gasteiger charge is -2.13. The Hall–Kier alpha value is -3.10. The van der Waals surface area contributed by atoms with Crippen LogP contribution in [0, 0.1) is 0 Å². The summed E-state index contributed by atoms with van der Waals surface area (Å²) in [5.41, 5.74) is 2.53. The minimum absolute atomic E-state index is 0.201. The number of hydrogen-bond donors (Lipinski definition) is 1. The minimum Gasteiger partial charge on any atom is -0.493 e. The van der Waals surface area contributed by atoms with Gasteiger partial charge in [-0.15, -0.1) is 11.3 Å². The Bertz CT molecular complexity index is 1160. The van der Waals surface area contributed by atoms with E-state index in [4.69, 9.17) is 9.47 Å². The van der Waals surface area contributed by atoms with E-state index in [0.717, 1.165) is 22.3 Å². The molecule has 0 aliphatic heterocycles. The average molecular weight is 444 g/mol. The number of benzene rings is 2. The Morgan fingerprint density at radius 2 is 1.80 bits per heavy atom. The van der Waals surface area contributed by atoms with Crippen LogP contribution >= 0.6 is 11.3 Å². The maximum Gasteiger partial charge on any atom is 0.229 e. The molecule has 0 bridgehead atoms. The van der Waals surface area contributed by atoms with E-state index >= 15 is 0 Å². The summed E-state index contributed by atoms with van der Waals surface area (Å²) in [4.78, 5) is 13.6. The van der Waals surface area contributed by atoms with Gasteiger partial charge in [-0.2, -0.15) is 0 Å². The van der Waals surface area contributed by atoms with Crippen LogP contribution in [0.25, 0.3) is 16.5 Å². The summed E-state index contributed by atoms with van der Waals surface area (Å²) < 4.78 is 35.9. The second kappa shape index (κ2) is 9.15. The van der Waals surface area contributed by atoms with Crippen LogP contribution in [0.15, 0.2) is 60.0 Å². The number of nitrogens with one attached hydrogen (secondary N) is 1. The summed E-state index contributed by atoms with van der Waals surface area (Å²) in [7, 11) is -0.198. The predicted molar refractivity (Wildman–Crippen MR) is 121 cm³/mol. The van der Waals surface area contributed by atoms with Crippen LogP contribution in [-0.4, -0.2) is 34.7 Å². The smallest absolute Gasteiger partial charge is 0.229 e. The molecule has 0 saturated heterocycles. The first-order valence-corrected chi connectivity index (χ1v) is 11.7. The Kier molecular flexibility index (Phi) is 6.59. The molecule has 0 radical (unpaired) electrons. The fourth-order valence-corrected chi connectivity index (χ4v) is 4.19. The lowest BCUT2D eigenvalue weighted by atomic mass is 10.0. The first-order valence-electron chi connectivity index (χ1n) is 8.91. The SMILES string of the molecule is COc1cc(/C=C/C(=O)c2ccc(NS(C)(=O)=O)cc2)cc(-c2cccs2)c1OC. The van der Waals surface area contributed by atoms with Gasteiger partial charge < -0.3 is 9.47 Å². The van der Waals surface area contributed by atoms with Crippen molar-refractivity contribution in [2.75, 3.05) is 25.2 Å². The standard InChI is InChI=1S/C22H21NO5S2/c1-27-20-14-15(13-18(22(20)28-2)21-5-4-12-29-21)6-11-19(24)16-7-9-17(10-8-16)23-30(3,25)26/h4-14,23H,1-3H3/b11-6+. The second-order valence-electron chi connectivity index (χ2n) is 6.43. The van der Waals surface area contributed by atoms with Crippen molar-refractivity contribution < 1.29 is 22.7 Å². The molecule has 0 spiro atoms. The monoisotopic (exact) mass is 443 g/mol. The predicted octanol–water partition coefficient (Wildman–Crippen LogP) is 4.70. The number of thiophene rings is 1. The van der Waals surface area contributed by atoms with Gasteiger partial charge in [-0.25, -0.2) is 8.42 Å². The number of carbonyl (C=O) groups is 1. The van der Waals surface area contributed by atoms with Gasteiger partial charge in [-0.3, -0.25) is 9.52 Å². The van der Waals surface area contributed by atoms with Gasteiger partial charge in [0.25, 0.3) is 0 Å². The minimum atomic E-state index is -3.36. The molecule has 0 saturated carbocycles. The molecular formula is C22H21NO5S2. The third kappa shape index (κ3) is 5.28. The number of sulfonamides is 1. The van der Waals surface area contributed by atoms with E-state index < -0.39 is 10.0 Å². The van der Waals surface area contributed by atoms with E-state index in [9.17, 15) is 13.2 Å². The van der Waals surface area contributed by atoms with E-state index in [1.165, 1.54) is 6.08 Å². The molecule has 1 N–H and O–H groups in total. The first-order chi connectivity index (χ1) is 14.3. The summed E-state index contributed by atoms with van der Waals surface area (Å²) in [5, 5.41) is 1.98. The molecule has 6 nitrogen and oxygen atoms in total. The fraction of sp³-hybridized carbons (Fsp3) is 0.136. The summed E-state index contributed by atoms with van der Waals surface area (Å²) in [6.07, 6.45) is 4.25. The van der Waals surface area contributed by atoms with Crippen molar-refractivity contribution in [1.82, 2.24) is 0 Å². The molecule has 0 aliphatic carbocycles. The molecule has 3 aromatic rings. The maximum atomic E-state index is 12.5. The molecule has 0 fully saturated rings. The van der Waals surface area contributed by atoms with Crippen LogP contribution in [0.5, 0.6) is 11.5 Å². The molecule has 1 aromatic heterocycles. The number of methoxy groups -OCH3 is 2. The molecule has 8 heteroatoms. The normalized spacial score (nSPS) is 11.4. The van der Waals surface area contributed by atoms with Crippen molar-refractivity contribution in [2.45, 2.75) is 0 Å². The number of carbonyl (C=O) groups excluding carboxylic acids is 1. The van der Waals surface area contributed by atoms with Crippen LogP contribution in [0.3, 0.4) is 0 Å². The Balaban J connectivity index is 1.86. The Morgan fingerprint density at radius 1 is 1.07 bits per heavy atom. The number of hydrogen-bond acceptors (Lipinski definition) is 6. The summed E-state index contributed by atoms with van der Waals surface area (Å²) in [6.45, 7) is 0. The van der Waals surface area contributed by atoms with Crippen molar-refractivity contribution in [3.8, 4) is 21.9 Å². The van der Waals surface area contributed by atoms with Crippen molar-refractivity contribution in [1.29, 1.82) is 0 Å². The van der Waals surface area contributed by atoms with Gasteiger partial charge in [-0.05, 0) is 59.5 Å². The van der Waals surface area contributed by atoms with Crippen LogP contribution < -0.4 is 14.2 Å². The summed E-state index contributed by atoms with van der Waals surface area (Å²) in [5.74, 6) is 1.01. The van der Waals surface area contributed by atoms with Crippen LogP contribution in [0.1, 0.15) is 15.9 Å². The Labute approximate surface area is 179 Å². The molecule has 0 unspecified atom stereocenters. The van der Waals surface area contributed by atoms with Gasteiger partial charge in [-0.1, -0.05) is 12.1 Å². The van der Waals surface area contributed by atoms with E-state index in [1.54, 1.807) is 62.0 Å². The van der Waals surface area contributed by atoms with E-state index in [-0.39, 0.29) is 5.78 Å². The van der Waals surface area contributed by atoms with Gasteiger partial charge in [0.2, 0.25) is 10.0 Å². The van der Waals surface area contributed by atoms with Gasteiger partial charge in [0, 0.05) is 21.7 Å². The van der Waals surface area contributed by atoms with Gasteiger partial charge >= 0.3 is 0 Å². The van der Waals surface area contributed by atoms with Gasteiger partial charge in [0.15, 0.2) is 17.3 Å². The van der Waals surface area contributed by atoms with Crippen molar-refractivity contribution in [3.63, 3.8) is 0 Å². The van der Waals surface area contributed by atoms with Crippen molar-refractivity contribution in [2.24, 2.45) is 0 Å².